The Morgan fingerprint density at radius 2 is 1.73 bits per heavy atom. The number of benzene rings is 2. The van der Waals surface area contributed by atoms with E-state index in [9.17, 15) is 0 Å². The van der Waals surface area contributed by atoms with E-state index in [1.165, 1.54) is 79.2 Å². The summed E-state index contributed by atoms with van der Waals surface area (Å²) in [6.45, 7) is 9.24. The van der Waals surface area contributed by atoms with Crippen LogP contribution >= 0.6 is 0 Å². The monoisotopic (exact) mass is 538 g/mol. The second-order valence-corrected chi connectivity index (χ2v) is 12.8. The molecule has 6 heterocycles. The van der Waals surface area contributed by atoms with Gasteiger partial charge in [-0.25, -0.2) is 0 Å². The second-order valence-electron chi connectivity index (χ2n) is 12.8. The van der Waals surface area contributed by atoms with Crippen LogP contribution < -0.4 is 19.9 Å². The molecule has 3 aromatic rings. The highest BCUT2D eigenvalue weighted by atomic mass is 16.5. The van der Waals surface area contributed by atoms with Crippen molar-refractivity contribution in [2.24, 2.45) is 0 Å². The van der Waals surface area contributed by atoms with E-state index in [1.54, 1.807) is 0 Å². The number of aromatic nitrogens is 2. The molecule has 2 bridgehead atoms. The first kappa shape index (κ1) is 24.9. The van der Waals surface area contributed by atoms with Crippen LogP contribution in [-0.4, -0.2) is 71.8 Å². The summed E-state index contributed by atoms with van der Waals surface area (Å²) in [5.74, 6) is 1.14. The molecule has 0 saturated carbocycles. The number of rotatable bonds is 6. The fourth-order valence-corrected chi connectivity index (χ4v) is 8.51. The van der Waals surface area contributed by atoms with Crippen LogP contribution in [0.4, 0.5) is 11.5 Å². The summed E-state index contributed by atoms with van der Waals surface area (Å²) in [6.07, 6.45) is 9.57. The molecule has 0 amide bonds. The number of piperazine rings is 1. The first-order valence-corrected chi connectivity index (χ1v) is 15.7. The fraction of sp³-hybridized carbons (Fsp3) is 0.576. The predicted molar refractivity (Wildman–Crippen MR) is 161 cm³/mol. The van der Waals surface area contributed by atoms with Crippen LogP contribution in [0.2, 0.25) is 0 Å². The molecule has 1 N–H and O–H groups in total. The van der Waals surface area contributed by atoms with E-state index >= 15 is 0 Å². The molecule has 7 nitrogen and oxygen atoms in total. The minimum atomic E-state index is 0.194. The van der Waals surface area contributed by atoms with Gasteiger partial charge in [0.25, 0.3) is 0 Å². The van der Waals surface area contributed by atoms with E-state index in [0.29, 0.717) is 24.7 Å². The lowest BCUT2D eigenvalue weighted by Crippen LogP contribution is -2.52. The van der Waals surface area contributed by atoms with Crippen molar-refractivity contribution in [2.45, 2.75) is 82.5 Å². The molecular weight excluding hydrogens is 496 g/mol. The van der Waals surface area contributed by atoms with Crippen LogP contribution in [0.5, 0.6) is 6.01 Å². The molecule has 0 radical (unpaired) electrons. The number of ether oxygens (including phenoxy) is 1. The second kappa shape index (κ2) is 9.88. The van der Waals surface area contributed by atoms with Gasteiger partial charge in [-0.05, 0) is 81.5 Å². The third-order valence-electron chi connectivity index (χ3n) is 10.5. The van der Waals surface area contributed by atoms with Crippen LogP contribution in [0.3, 0.4) is 0 Å². The number of hydrogen-bond acceptors (Lipinski definition) is 7. The molecule has 4 fully saturated rings. The number of aryl methyl sites for hydroxylation is 1. The Bertz CT molecular complexity index is 1400. The van der Waals surface area contributed by atoms with Gasteiger partial charge in [0.05, 0.1) is 17.8 Å². The average molecular weight is 539 g/mol. The van der Waals surface area contributed by atoms with Gasteiger partial charge < -0.3 is 19.9 Å². The van der Waals surface area contributed by atoms with Crippen molar-refractivity contribution < 1.29 is 4.74 Å². The minimum Gasteiger partial charge on any atom is -0.461 e. The Hall–Kier alpha value is -2.90. The molecule has 2 aromatic carbocycles. The normalized spacial score (nSPS) is 25.4. The van der Waals surface area contributed by atoms with Crippen LogP contribution in [0.25, 0.3) is 10.8 Å². The maximum absolute atomic E-state index is 6.58. The molecule has 1 aromatic heterocycles. The Labute approximate surface area is 237 Å². The van der Waals surface area contributed by atoms with Crippen LogP contribution in [0.15, 0.2) is 36.4 Å². The lowest BCUT2D eigenvalue weighted by Gasteiger charge is -2.38. The number of fused-ring (bicyclic) bond motifs is 5. The smallest absolute Gasteiger partial charge is 0.318 e. The number of anilines is 2. The highest BCUT2D eigenvalue weighted by molar-refractivity contribution is 5.97. The molecular formula is C33H42N6O. The van der Waals surface area contributed by atoms with Crippen LogP contribution in [0.1, 0.15) is 62.3 Å². The van der Waals surface area contributed by atoms with Gasteiger partial charge >= 0.3 is 6.01 Å². The zero-order valence-electron chi connectivity index (χ0n) is 23.9. The van der Waals surface area contributed by atoms with E-state index in [2.05, 4.69) is 63.3 Å². The molecule has 40 heavy (non-hydrogen) atoms. The first-order valence-electron chi connectivity index (χ1n) is 15.7. The predicted octanol–water partition coefficient (Wildman–Crippen LogP) is 4.70. The summed E-state index contributed by atoms with van der Waals surface area (Å²) < 4.78 is 6.58. The lowest BCUT2D eigenvalue weighted by molar-refractivity contribution is 0.107. The Balaban J connectivity index is 1.15. The Kier molecular flexibility index (Phi) is 6.14. The quantitative estimate of drug-likeness (QED) is 0.488. The summed E-state index contributed by atoms with van der Waals surface area (Å²) in [4.78, 5) is 18.1. The summed E-state index contributed by atoms with van der Waals surface area (Å²) in [5.41, 5.74) is 5.42. The maximum Gasteiger partial charge on any atom is 0.318 e. The van der Waals surface area contributed by atoms with E-state index in [-0.39, 0.29) is 5.54 Å². The van der Waals surface area contributed by atoms with Gasteiger partial charge in [0.2, 0.25) is 0 Å². The third kappa shape index (κ3) is 4.16. The van der Waals surface area contributed by atoms with E-state index in [0.717, 1.165) is 50.5 Å². The topological polar surface area (TPSA) is 56.8 Å². The maximum atomic E-state index is 6.58. The molecule has 0 aliphatic carbocycles. The molecule has 5 aliphatic heterocycles. The van der Waals surface area contributed by atoms with Gasteiger partial charge in [0.15, 0.2) is 0 Å². The van der Waals surface area contributed by atoms with Crippen LogP contribution in [0, 0.1) is 0 Å². The number of hydrogen-bond donors (Lipinski definition) is 1. The van der Waals surface area contributed by atoms with Gasteiger partial charge in [-0.3, -0.25) is 4.90 Å². The molecule has 2 unspecified atom stereocenters. The van der Waals surface area contributed by atoms with Crippen molar-refractivity contribution in [1.82, 2.24) is 20.2 Å². The van der Waals surface area contributed by atoms with Crippen molar-refractivity contribution in [1.29, 1.82) is 0 Å². The highest BCUT2D eigenvalue weighted by Gasteiger charge is 2.45. The Morgan fingerprint density at radius 1 is 0.950 bits per heavy atom. The van der Waals surface area contributed by atoms with Gasteiger partial charge in [-0.15, -0.1) is 0 Å². The van der Waals surface area contributed by atoms with Gasteiger partial charge in [-0.2, -0.15) is 9.97 Å². The molecule has 8 rings (SSSR count). The third-order valence-corrected chi connectivity index (χ3v) is 10.5. The van der Waals surface area contributed by atoms with Gasteiger partial charge in [-0.1, -0.05) is 37.3 Å². The Morgan fingerprint density at radius 3 is 2.50 bits per heavy atom. The minimum absolute atomic E-state index is 0.194. The summed E-state index contributed by atoms with van der Waals surface area (Å²) in [5, 5.41) is 6.51. The first-order chi connectivity index (χ1) is 19.7. The van der Waals surface area contributed by atoms with Crippen molar-refractivity contribution in [3.05, 3.63) is 53.2 Å². The molecule has 2 atom stereocenters. The zero-order chi connectivity index (χ0) is 26.7. The zero-order valence-corrected chi connectivity index (χ0v) is 23.9. The summed E-state index contributed by atoms with van der Waals surface area (Å²) >= 11 is 0. The van der Waals surface area contributed by atoms with E-state index in [4.69, 9.17) is 14.7 Å². The molecule has 4 saturated heterocycles. The lowest BCUT2D eigenvalue weighted by atomic mass is 9.95. The van der Waals surface area contributed by atoms with E-state index < -0.39 is 0 Å². The molecule has 7 heteroatoms. The van der Waals surface area contributed by atoms with Crippen molar-refractivity contribution in [2.75, 3.05) is 49.1 Å². The SMILES string of the molecule is CCc1cccc2cccc(N3CCc4c(nc(OCC56CCCN5CCC6)nc4N4CC5CCC(C4)N5)C3)c12. The molecule has 5 aliphatic rings. The molecule has 210 valence electrons. The van der Waals surface area contributed by atoms with E-state index in [1.807, 2.05) is 0 Å². The number of nitrogens with zero attached hydrogens (tertiary/aromatic N) is 5. The van der Waals surface area contributed by atoms with Crippen LogP contribution in [-0.2, 0) is 19.4 Å². The average Bonchev–Trinajstić information content (AvgIpc) is 3.68. The summed E-state index contributed by atoms with van der Waals surface area (Å²) in [6, 6.07) is 15.2. The molecule has 0 spiro atoms. The number of nitrogens with one attached hydrogen (secondary N) is 1. The van der Waals surface area contributed by atoms with Gasteiger partial charge in [0.1, 0.15) is 12.4 Å². The summed E-state index contributed by atoms with van der Waals surface area (Å²) in [7, 11) is 0. The highest BCUT2D eigenvalue weighted by Crippen LogP contribution is 2.40. The fourth-order valence-electron chi connectivity index (χ4n) is 8.51. The van der Waals surface area contributed by atoms with Gasteiger partial charge in [0, 0.05) is 48.4 Å². The van der Waals surface area contributed by atoms with Crippen molar-refractivity contribution in [3.63, 3.8) is 0 Å². The largest absolute Gasteiger partial charge is 0.461 e. The van der Waals surface area contributed by atoms with Crippen molar-refractivity contribution in [3.8, 4) is 6.01 Å². The van der Waals surface area contributed by atoms with Crippen molar-refractivity contribution >= 4 is 22.3 Å². The standard InChI is InChI=1S/C33H42N6O/c1-2-23-7-3-8-24-9-4-10-29(30(23)24)37-18-13-27-28(21-37)35-32(40-22-33-14-5-16-39(33)17-6-15-33)36-31(27)38-19-25-11-12-26(20-38)34-25/h3-4,7-10,25-26,34H,2,5-6,11-22H2,1H3.